The lowest BCUT2D eigenvalue weighted by Gasteiger charge is -2.36. The van der Waals surface area contributed by atoms with Crippen LogP contribution in [0.15, 0.2) is 40.8 Å². The molecule has 22 heteroatoms. The van der Waals surface area contributed by atoms with E-state index >= 15 is 0 Å². The predicted molar refractivity (Wildman–Crippen MR) is 81.9 cm³/mol. The molecule has 1 aromatic rings. The molecule has 0 aliphatic rings. The normalized spacial score (nSPS) is 15.9. The molecule has 0 unspecified atom stereocenters. The monoisotopic (exact) mass is 604 g/mol. The van der Waals surface area contributed by atoms with Crippen molar-refractivity contribution < 1.29 is 92.3 Å². The van der Waals surface area contributed by atoms with Crippen molar-refractivity contribution in [2.75, 3.05) is 0 Å². The molecule has 4 nitrogen and oxygen atoms in total. The van der Waals surface area contributed by atoms with Crippen molar-refractivity contribution in [1.82, 2.24) is 0 Å². The Morgan fingerprint density at radius 2 is 0.973 bits per heavy atom. The van der Waals surface area contributed by atoms with Gasteiger partial charge in [0, 0.05) is 0 Å². The van der Waals surface area contributed by atoms with Gasteiger partial charge in [0.1, 0.15) is 5.75 Å². The van der Waals surface area contributed by atoms with Gasteiger partial charge in [-0.2, -0.15) is 74.3 Å². The van der Waals surface area contributed by atoms with Gasteiger partial charge in [0.2, 0.25) is 11.7 Å². The maximum Gasteiger partial charge on any atom is 0.471 e. The van der Waals surface area contributed by atoms with Crippen molar-refractivity contribution in [3.8, 4) is 5.75 Å². The minimum absolute atomic E-state index is 0.0662. The topological polar surface area (TPSA) is 63.6 Å². The van der Waals surface area contributed by atoms with Crippen LogP contribution < -0.4 is 4.74 Å². The van der Waals surface area contributed by atoms with Crippen molar-refractivity contribution >= 4 is 10.1 Å². The minimum atomic E-state index is -8.09. The van der Waals surface area contributed by atoms with E-state index in [1.807, 2.05) is 0 Å². The van der Waals surface area contributed by atoms with Crippen molar-refractivity contribution in [1.29, 1.82) is 0 Å². The second-order valence-electron chi connectivity index (χ2n) is 6.56. The number of halogens is 17. The zero-order valence-electron chi connectivity index (χ0n) is 16.3. The summed E-state index contributed by atoms with van der Waals surface area (Å²) in [6, 6.07) is 0.0747. The maximum absolute atomic E-state index is 13.7. The number of benzene rings is 1. The lowest BCUT2D eigenvalue weighted by molar-refractivity contribution is -0.404. The average Bonchev–Trinajstić information content (AvgIpc) is 2.70. The van der Waals surface area contributed by atoms with Crippen molar-refractivity contribution in [3.05, 3.63) is 35.9 Å². The smallest absolute Gasteiger partial charge is 0.428 e. The highest BCUT2D eigenvalue weighted by Gasteiger charge is 2.85. The van der Waals surface area contributed by atoms with Crippen LogP contribution in [0.25, 0.3) is 0 Å². The number of ether oxygens (including phenoxy) is 1. The van der Waals surface area contributed by atoms with Crippen LogP contribution in [0.2, 0.25) is 0 Å². The molecule has 0 aliphatic carbocycles. The SMILES string of the molecule is O=S(=O)(O)c1ccc(OC(F)(F)C(F)(F)C(F)(F)C(F)(F)/C(F)=C(\F)C(F)(F)C(F)(F)C(F)(F)F)cc1. The first-order valence-corrected chi connectivity index (χ1v) is 9.60. The molecule has 1 N–H and O–H groups in total. The van der Waals surface area contributed by atoms with Crippen molar-refractivity contribution in [2.45, 2.75) is 46.8 Å². The van der Waals surface area contributed by atoms with Crippen LogP contribution in [0.4, 0.5) is 74.6 Å². The Labute approximate surface area is 192 Å². The number of hydrogen-bond donors (Lipinski definition) is 1. The molecule has 0 heterocycles. The molecule has 0 aromatic heterocycles. The summed E-state index contributed by atoms with van der Waals surface area (Å²) >= 11 is 0. The van der Waals surface area contributed by atoms with Gasteiger partial charge in [-0.25, -0.2) is 8.78 Å². The molecular formula is C15H5F17O4S. The van der Waals surface area contributed by atoms with Gasteiger partial charge in [0.15, 0.2) is 0 Å². The highest BCUT2D eigenvalue weighted by atomic mass is 32.2. The second kappa shape index (κ2) is 9.05. The van der Waals surface area contributed by atoms with Crippen molar-refractivity contribution in [3.63, 3.8) is 0 Å². The third kappa shape index (κ3) is 5.25. The molecule has 0 radical (unpaired) electrons. The third-order valence-corrected chi connectivity index (χ3v) is 4.88. The van der Waals surface area contributed by atoms with E-state index in [-0.39, 0.29) is 24.3 Å². The van der Waals surface area contributed by atoms with E-state index in [1.165, 1.54) is 0 Å². The molecule has 0 bridgehead atoms. The highest BCUT2D eigenvalue weighted by Crippen LogP contribution is 2.58. The highest BCUT2D eigenvalue weighted by molar-refractivity contribution is 7.85. The summed E-state index contributed by atoms with van der Waals surface area (Å²) in [5.74, 6) is -51.9. The van der Waals surface area contributed by atoms with E-state index in [9.17, 15) is 83.1 Å². The Bertz CT molecular complexity index is 1140. The quantitative estimate of drug-likeness (QED) is 0.249. The van der Waals surface area contributed by atoms with E-state index in [0.717, 1.165) is 0 Å². The summed E-state index contributed by atoms with van der Waals surface area (Å²) in [7, 11) is -5.06. The van der Waals surface area contributed by atoms with Crippen LogP contribution in [-0.2, 0) is 10.1 Å². The van der Waals surface area contributed by atoms with Crippen LogP contribution in [-0.4, -0.2) is 54.9 Å². The van der Waals surface area contributed by atoms with Crippen LogP contribution in [0.5, 0.6) is 5.75 Å². The van der Waals surface area contributed by atoms with E-state index in [4.69, 9.17) is 4.55 Å². The Balaban J connectivity index is 3.56. The fraction of sp³-hybridized carbons (Fsp3) is 0.467. The Kier molecular flexibility index (Phi) is 7.95. The standard InChI is InChI=1S/C15H5F17O4S/c16-7(8(17)10(20,21)12(24,25)14(28,29)30)9(18,19)11(22,23)13(26,27)15(31,32)36-5-1-3-6(4-2-5)37(33,34)35/h1-4H,(H,33,34,35)/b8-7+. The summed E-state index contributed by atoms with van der Waals surface area (Å²) < 4.78 is 256. The van der Waals surface area contributed by atoms with Gasteiger partial charge in [0.05, 0.1) is 4.90 Å². The second-order valence-corrected chi connectivity index (χ2v) is 7.98. The number of alkyl halides is 15. The van der Waals surface area contributed by atoms with Crippen molar-refractivity contribution in [2.24, 2.45) is 0 Å². The number of rotatable bonds is 9. The summed E-state index contributed by atoms with van der Waals surface area (Å²) in [5, 5.41) is 0. The lowest BCUT2D eigenvalue weighted by Crippen LogP contribution is -2.64. The van der Waals surface area contributed by atoms with E-state index < -0.39 is 74.3 Å². The van der Waals surface area contributed by atoms with Gasteiger partial charge in [-0.3, -0.25) is 4.55 Å². The van der Waals surface area contributed by atoms with Gasteiger partial charge >= 0.3 is 41.9 Å². The predicted octanol–water partition coefficient (Wildman–Crippen LogP) is 6.79. The third-order valence-electron chi connectivity index (χ3n) is 4.02. The molecular weight excluding hydrogens is 599 g/mol. The van der Waals surface area contributed by atoms with Gasteiger partial charge < -0.3 is 4.74 Å². The molecule has 0 saturated carbocycles. The van der Waals surface area contributed by atoms with Crippen LogP contribution in [0.1, 0.15) is 0 Å². The van der Waals surface area contributed by atoms with Gasteiger partial charge in [0.25, 0.3) is 10.1 Å². The molecule has 214 valence electrons. The Morgan fingerprint density at radius 1 is 0.622 bits per heavy atom. The fourth-order valence-corrected chi connectivity index (χ4v) is 2.48. The van der Waals surface area contributed by atoms with E-state index in [2.05, 4.69) is 4.74 Å². The van der Waals surface area contributed by atoms with E-state index in [1.54, 1.807) is 0 Å². The first kappa shape index (κ1) is 32.5. The molecule has 1 aromatic carbocycles. The minimum Gasteiger partial charge on any atom is -0.428 e. The molecule has 37 heavy (non-hydrogen) atoms. The summed E-state index contributed by atoms with van der Waals surface area (Å²) in [5.41, 5.74) is 0. The molecule has 0 fully saturated rings. The molecule has 0 atom stereocenters. The zero-order chi connectivity index (χ0) is 29.8. The Hall–Kier alpha value is -2.52. The first-order chi connectivity index (χ1) is 16.0. The summed E-state index contributed by atoms with van der Waals surface area (Å²) in [6.45, 7) is 0. The van der Waals surface area contributed by atoms with E-state index in [0.29, 0.717) is 0 Å². The first-order valence-electron chi connectivity index (χ1n) is 8.16. The van der Waals surface area contributed by atoms with Gasteiger partial charge in [-0.15, -0.1) is 0 Å². The lowest BCUT2D eigenvalue weighted by atomic mass is 9.99. The van der Waals surface area contributed by atoms with Crippen LogP contribution >= 0.6 is 0 Å². The number of allylic oxidation sites excluding steroid dienone is 2. The molecule has 1 rings (SSSR count). The fourth-order valence-electron chi connectivity index (χ4n) is 2.00. The summed E-state index contributed by atoms with van der Waals surface area (Å²) in [4.78, 5) is -1.15. The van der Waals surface area contributed by atoms with Gasteiger partial charge in [-0.1, -0.05) is 0 Å². The largest absolute Gasteiger partial charge is 0.471 e. The molecule has 0 amide bonds. The van der Waals surface area contributed by atoms with Gasteiger partial charge in [-0.05, 0) is 24.3 Å². The maximum atomic E-state index is 13.7. The van der Waals surface area contributed by atoms with Crippen LogP contribution in [0, 0.1) is 0 Å². The number of hydrogen-bond acceptors (Lipinski definition) is 3. The molecule has 0 aliphatic heterocycles. The molecule has 0 spiro atoms. The molecule has 0 saturated heterocycles. The summed E-state index contributed by atoms with van der Waals surface area (Å²) in [6.07, 6.45) is -14.5. The van der Waals surface area contributed by atoms with Crippen LogP contribution in [0.3, 0.4) is 0 Å². The zero-order valence-corrected chi connectivity index (χ0v) is 17.1. The Morgan fingerprint density at radius 3 is 1.30 bits per heavy atom. The average molecular weight is 604 g/mol.